The average molecular weight is 330 g/mol. The van der Waals surface area contributed by atoms with Gasteiger partial charge in [-0.3, -0.25) is 9.89 Å². The molecule has 0 radical (unpaired) electrons. The van der Waals surface area contributed by atoms with Crippen LogP contribution in [0.4, 0.5) is 0 Å². The smallest absolute Gasteiger partial charge is 0.253 e. The van der Waals surface area contributed by atoms with Gasteiger partial charge < -0.3 is 14.7 Å². The van der Waals surface area contributed by atoms with E-state index in [1.54, 1.807) is 36.2 Å². The number of aromatic amines is 1. The number of hydrogen-bond donors (Lipinski definition) is 2. The molecule has 1 amide bonds. The van der Waals surface area contributed by atoms with Gasteiger partial charge in [0.1, 0.15) is 5.82 Å². The fourth-order valence-electron chi connectivity index (χ4n) is 2.98. The van der Waals surface area contributed by atoms with Gasteiger partial charge in [-0.1, -0.05) is 12.1 Å². The minimum Gasteiger partial charge on any atom is -0.392 e. The van der Waals surface area contributed by atoms with E-state index in [4.69, 9.17) is 9.84 Å². The Morgan fingerprint density at radius 2 is 2.17 bits per heavy atom. The SMILES string of the molecule is Cc1nc([C@@H]2CCO[C@@H]2CN(C)C(=O)c2ccc(CO)cc2)n[nH]1. The van der Waals surface area contributed by atoms with Crippen LogP contribution >= 0.6 is 0 Å². The molecule has 2 atom stereocenters. The largest absolute Gasteiger partial charge is 0.392 e. The third-order valence-corrected chi connectivity index (χ3v) is 4.34. The van der Waals surface area contributed by atoms with Gasteiger partial charge in [0.2, 0.25) is 0 Å². The maximum absolute atomic E-state index is 12.5. The second-order valence-corrected chi connectivity index (χ2v) is 6.12. The van der Waals surface area contributed by atoms with E-state index in [0.29, 0.717) is 18.7 Å². The van der Waals surface area contributed by atoms with Crippen molar-refractivity contribution in [2.45, 2.75) is 32.0 Å². The zero-order valence-electron chi connectivity index (χ0n) is 13.9. The number of nitrogens with one attached hydrogen (secondary N) is 1. The lowest BCUT2D eigenvalue weighted by molar-refractivity contribution is 0.0550. The molecular formula is C17H22N4O3. The van der Waals surface area contributed by atoms with Crippen LogP contribution in [0.2, 0.25) is 0 Å². The molecule has 0 saturated carbocycles. The van der Waals surface area contributed by atoms with Crippen molar-refractivity contribution in [1.29, 1.82) is 0 Å². The Balaban J connectivity index is 1.66. The van der Waals surface area contributed by atoms with E-state index in [2.05, 4.69) is 15.2 Å². The normalized spacial score (nSPS) is 20.3. The molecule has 7 nitrogen and oxygen atoms in total. The summed E-state index contributed by atoms with van der Waals surface area (Å²) in [5, 5.41) is 16.2. The number of aryl methyl sites for hydroxylation is 1. The van der Waals surface area contributed by atoms with Crippen LogP contribution in [0.1, 0.15) is 39.9 Å². The van der Waals surface area contributed by atoms with E-state index in [-0.39, 0.29) is 24.5 Å². The molecule has 2 heterocycles. The fourth-order valence-corrected chi connectivity index (χ4v) is 2.98. The number of nitrogens with zero attached hydrogens (tertiary/aromatic N) is 3. The Hall–Kier alpha value is -2.25. The molecule has 1 aliphatic heterocycles. The molecule has 2 N–H and O–H groups in total. The van der Waals surface area contributed by atoms with E-state index in [1.165, 1.54) is 0 Å². The molecule has 7 heteroatoms. The summed E-state index contributed by atoms with van der Waals surface area (Å²) in [6.07, 6.45) is 0.751. The summed E-state index contributed by atoms with van der Waals surface area (Å²) in [4.78, 5) is 18.6. The van der Waals surface area contributed by atoms with Gasteiger partial charge >= 0.3 is 0 Å². The van der Waals surface area contributed by atoms with Crippen molar-refractivity contribution in [3.05, 3.63) is 47.0 Å². The van der Waals surface area contributed by atoms with E-state index in [1.807, 2.05) is 6.92 Å². The van der Waals surface area contributed by atoms with Crippen molar-refractivity contribution in [3.63, 3.8) is 0 Å². The molecule has 1 saturated heterocycles. The molecule has 1 fully saturated rings. The van der Waals surface area contributed by atoms with Crippen molar-refractivity contribution in [1.82, 2.24) is 20.1 Å². The minimum absolute atomic E-state index is 0.0298. The van der Waals surface area contributed by atoms with Gasteiger partial charge in [0.25, 0.3) is 5.91 Å². The number of ether oxygens (including phenoxy) is 1. The van der Waals surface area contributed by atoms with Crippen LogP contribution in [0.3, 0.4) is 0 Å². The Kier molecular flexibility index (Phi) is 4.92. The fraction of sp³-hybridized carbons (Fsp3) is 0.471. The van der Waals surface area contributed by atoms with Crippen LogP contribution in [0.15, 0.2) is 24.3 Å². The number of H-pyrrole nitrogens is 1. The summed E-state index contributed by atoms with van der Waals surface area (Å²) in [7, 11) is 1.77. The highest BCUT2D eigenvalue weighted by Gasteiger charge is 2.34. The number of carbonyl (C=O) groups excluding carboxylic acids is 1. The zero-order chi connectivity index (χ0) is 17.1. The van der Waals surface area contributed by atoms with Crippen molar-refractivity contribution >= 4 is 5.91 Å². The first kappa shape index (κ1) is 16.6. The highest BCUT2D eigenvalue weighted by molar-refractivity contribution is 5.94. The number of aliphatic hydroxyl groups excluding tert-OH is 1. The second-order valence-electron chi connectivity index (χ2n) is 6.12. The van der Waals surface area contributed by atoms with Gasteiger partial charge in [0, 0.05) is 25.8 Å². The van der Waals surface area contributed by atoms with Crippen molar-refractivity contribution in [3.8, 4) is 0 Å². The zero-order valence-corrected chi connectivity index (χ0v) is 13.9. The number of aliphatic hydroxyl groups is 1. The summed E-state index contributed by atoms with van der Waals surface area (Å²) in [5.74, 6) is 1.56. The number of benzene rings is 1. The quantitative estimate of drug-likeness (QED) is 0.861. The molecule has 1 aromatic carbocycles. The van der Waals surface area contributed by atoms with Crippen LogP contribution in [-0.2, 0) is 11.3 Å². The van der Waals surface area contributed by atoms with Gasteiger partial charge in [0.15, 0.2) is 5.82 Å². The summed E-state index contributed by atoms with van der Waals surface area (Å²) >= 11 is 0. The summed E-state index contributed by atoms with van der Waals surface area (Å²) in [5.41, 5.74) is 1.38. The predicted octanol–water partition coefficient (Wildman–Crippen LogP) is 1.25. The number of aromatic nitrogens is 3. The Labute approximate surface area is 140 Å². The first-order chi connectivity index (χ1) is 11.6. The van der Waals surface area contributed by atoms with Crippen LogP contribution < -0.4 is 0 Å². The average Bonchev–Trinajstić information content (AvgIpc) is 3.22. The molecule has 0 spiro atoms. The predicted molar refractivity (Wildman–Crippen MR) is 87.5 cm³/mol. The van der Waals surface area contributed by atoms with E-state index in [9.17, 15) is 4.79 Å². The van der Waals surface area contributed by atoms with Gasteiger partial charge in [0.05, 0.1) is 18.6 Å². The maximum atomic E-state index is 12.5. The molecule has 128 valence electrons. The van der Waals surface area contributed by atoms with Gasteiger partial charge in [-0.25, -0.2) is 4.98 Å². The molecule has 24 heavy (non-hydrogen) atoms. The van der Waals surface area contributed by atoms with Crippen LogP contribution in [0, 0.1) is 6.92 Å². The maximum Gasteiger partial charge on any atom is 0.253 e. The standard InChI is InChI=1S/C17H22N4O3/c1-11-18-16(20-19-11)14-7-8-24-15(14)9-21(2)17(23)13-5-3-12(10-22)4-6-13/h3-6,14-15,22H,7-10H2,1-2H3,(H,18,19,20)/t14-,15-/m1/s1. The highest BCUT2D eigenvalue weighted by atomic mass is 16.5. The molecule has 0 bridgehead atoms. The van der Waals surface area contributed by atoms with Crippen molar-refractivity contribution in [2.24, 2.45) is 0 Å². The lowest BCUT2D eigenvalue weighted by atomic mass is 10.00. The molecular weight excluding hydrogens is 308 g/mol. The third-order valence-electron chi connectivity index (χ3n) is 4.34. The van der Waals surface area contributed by atoms with Crippen LogP contribution in [0.25, 0.3) is 0 Å². The monoisotopic (exact) mass is 330 g/mol. The summed E-state index contributed by atoms with van der Waals surface area (Å²) < 4.78 is 5.80. The molecule has 1 aliphatic rings. The molecule has 0 unspecified atom stereocenters. The third kappa shape index (κ3) is 3.47. The topological polar surface area (TPSA) is 91.3 Å². The number of rotatable bonds is 5. The number of carbonyl (C=O) groups is 1. The van der Waals surface area contributed by atoms with Crippen LogP contribution in [-0.4, -0.2) is 57.4 Å². The first-order valence-corrected chi connectivity index (χ1v) is 8.04. The molecule has 2 aromatic rings. The number of likely N-dealkylation sites (N-methyl/N-ethyl adjacent to an activating group) is 1. The number of amides is 1. The van der Waals surface area contributed by atoms with E-state index in [0.717, 1.165) is 23.6 Å². The first-order valence-electron chi connectivity index (χ1n) is 8.04. The lowest BCUT2D eigenvalue weighted by Crippen LogP contribution is -2.36. The summed E-state index contributed by atoms with van der Waals surface area (Å²) in [6, 6.07) is 6.98. The van der Waals surface area contributed by atoms with E-state index < -0.39 is 0 Å². The molecule has 3 rings (SSSR count). The van der Waals surface area contributed by atoms with Crippen LogP contribution in [0.5, 0.6) is 0 Å². The lowest BCUT2D eigenvalue weighted by Gasteiger charge is -2.24. The van der Waals surface area contributed by atoms with Crippen molar-refractivity contribution < 1.29 is 14.6 Å². The van der Waals surface area contributed by atoms with Gasteiger partial charge in [-0.05, 0) is 31.0 Å². The number of hydrogen-bond acceptors (Lipinski definition) is 5. The van der Waals surface area contributed by atoms with Gasteiger partial charge in [-0.2, -0.15) is 5.10 Å². The van der Waals surface area contributed by atoms with Gasteiger partial charge in [-0.15, -0.1) is 0 Å². The Bertz CT molecular complexity index is 698. The highest BCUT2D eigenvalue weighted by Crippen LogP contribution is 2.29. The Morgan fingerprint density at radius 1 is 1.42 bits per heavy atom. The van der Waals surface area contributed by atoms with E-state index >= 15 is 0 Å². The molecule has 1 aromatic heterocycles. The Morgan fingerprint density at radius 3 is 2.79 bits per heavy atom. The second kappa shape index (κ2) is 7.11. The van der Waals surface area contributed by atoms with Crippen molar-refractivity contribution in [2.75, 3.05) is 20.2 Å². The molecule has 0 aliphatic carbocycles. The summed E-state index contributed by atoms with van der Waals surface area (Å²) in [6.45, 7) is 2.97. The minimum atomic E-state index is -0.106.